The van der Waals surface area contributed by atoms with E-state index in [4.69, 9.17) is 11.6 Å². The van der Waals surface area contributed by atoms with Crippen molar-refractivity contribution in [1.29, 1.82) is 0 Å². The van der Waals surface area contributed by atoms with E-state index in [9.17, 15) is 0 Å². The molecule has 0 aliphatic heterocycles. The Morgan fingerprint density at radius 3 is 2.73 bits per heavy atom. The fourth-order valence-corrected chi connectivity index (χ4v) is 2.94. The second-order valence-corrected chi connectivity index (χ2v) is 6.36. The van der Waals surface area contributed by atoms with Gasteiger partial charge >= 0.3 is 0 Å². The molecule has 3 aromatic rings. The molecule has 0 amide bonds. The molecular formula is C19H21ClN6. The number of guanidine groups is 1. The number of H-pyrrole nitrogens is 1. The van der Waals surface area contributed by atoms with Gasteiger partial charge in [-0.05, 0) is 29.3 Å². The first kappa shape index (κ1) is 17.9. The van der Waals surface area contributed by atoms with Crippen LogP contribution in [-0.4, -0.2) is 40.1 Å². The molecule has 0 fully saturated rings. The molecule has 0 unspecified atom stereocenters. The fraction of sp³-hybridized carbons (Fsp3) is 0.211. The van der Waals surface area contributed by atoms with Gasteiger partial charge in [0.25, 0.3) is 0 Å². The van der Waals surface area contributed by atoms with E-state index in [0.29, 0.717) is 6.54 Å². The SMILES string of the molecule is CN=C(NCc1cccc(-c2ncn[nH]2)c1)N(C)Cc1cccc(Cl)c1. The molecule has 0 saturated carbocycles. The monoisotopic (exact) mass is 368 g/mol. The zero-order valence-electron chi connectivity index (χ0n) is 14.8. The summed E-state index contributed by atoms with van der Waals surface area (Å²) in [7, 11) is 3.78. The van der Waals surface area contributed by atoms with Gasteiger partial charge in [0.2, 0.25) is 0 Å². The van der Waals surface area contributed by atoms with Crippen LogP contribution in [0.4, 0.5) is 0 Å². The lowest BCUT2D eigenvalue weighted by Crippen LogP contribution is -2.38. The predicted octanol–water partition coefficient (Wildman–Crippen LogP) is 3.33. The molecular weight excluding hydrogens is 348 g/mol. The Kier molecular flexibility index (Phi) is 5.86. The maximum absolute atomic E-state index is 6.06. The van der Waals surface area contributed by atoms with Crippen molar-refractivity contribution in [2.75, 3.05) is 14.1 Å². The summed E-state index contributed by atoms with van der Waals surface area (Å²) >= 11 is 6.06. The summed E-state index contributed by atoms with van der Waals surface area (Å²) in [5.74, 6) is 1.57. The number of aromatic nitrogens is 3. The highest BCUT2D eigenvalue weighted by Crippen LogP contribution is 2.15. The number of benzene rings is 2. The highest BCUT2D eigenvalue weighted by atomic mass is 35.5. The lowest BCUT2D eigenvalue weighted by Gasteiger charge is -2.22. The summed E-state index contributed by atoms with van der Waals surface area (Å²) in [4.78, 5) is 10.6. The first-order chi connectivity index (χ1) is 12.7. The minimum atomic E-state index is 0.661. The van der Waals surface area contributed by atoms with Crippen molar-refractivity contribution >= 4 is 17.6 Å². The normalized spacial score (nSPS) is 11.4. The number of hydrogen-bond acceptors (Lipinski definition) is 3. The minimum Gasteiger partial charge on any atom is -0.352 e. The fourth-order valence-electron chi connectivity index (χ4n) is 2.72. The van der Waals surface area contributed by atoms with Crippen molar-refractivity contribution in [2.45, 2.75) is 13.1 Å². The Labute approximate surface area is 157 Å². The lowest BCUT2D eigenvalue weighted by molar-refractivity contribution is 0.476. The average Bonchev–Trinajstić information content (AvgIpc) is 3.17. The molecule has 26 heavy (non-hydrogen) atoms. The lowest BCUT2D eigenvalue weighted by atomic mass is 10.1. The van der Waals surface area contributed by atoms with Gasteiger partial charge in [-0.3, -0.25) is 10.1 Å². The third-order valence-corrected chi connectivity index (χ3v) is 4.18. The minimum absolute atomic E-state index is 0.661. The Morgan fingerprint density at radius 2 is 2.00 bits per heavy atom. The molecule has 2 aromatic carbocycles. The number of rotatable bonds is 5. The first-order valence-electron chi connectivity index (χ1n) is 8.26. The summed E-state index contributed by atoms with van der Waals surface area (Å²) < 4.78 is 0. The van der Waals surface area contributed by atoms with E-state index in [1.165, 1.54) is 6.33 Å². The smallest absolute Gasteiger partial charge is 0.193 e. The van der Waals surface area contributed by atoms with Crippen LogP contribution < -0.4 is 5.32 Å². The molecule has 1 heterocycles. The highest BCUT2D eigenvalue weighted by Gasteiger charge is 2.08. The summed E-state index contributed by atoms with van der Waals surface area (Å²) in [5.41, 5.74) is 3.27. The van der Waals surface area contributed by atoms with Crippen molar-refractivity contribution in [3.8, 4) is 11.4 Å². The van der Waals surface area contributed by atoms with E-state index >= 15 is 0 Å². The predicted molar refractivity (Wildman–Crippen MR) is 105 cm³/mol. The zero-order valence-corrected chi connectivity index (χ0v) is 15.5. The molecule has 0 saturated heterocycles. The third kappa shape index (κ3) is 4.61. The Bertz CT molecular complexity index is 875. The van der Waals surface area contributed by atoms with Crippen LogP contribution in [0.2, 0.25) is 5.02 Å². The second kappa shape index (κ2) is 8.49. The van der Waals surface area contributed by atoms with E-state index in [1.54, 1.807) is 7.05 Å². The Morgan fingerprint density at radius 1 is 1.19 bits per heavy atom. The van der Waals surface area contributed by atoms with Crippen molar-refractivity contribution in [3.05, 3.63) is 71.0 Å². The number of aliphatic imine (C=N–C) groups is 1. The van der Waals surface area contributed by atoms with Crippen molar-refractivity contribution in [3.63, 3.8) is 0 Å². The number of aromatic amines is 1. The molecule has 0 radical (unpaired) electrons. The van der Waals surface area contributed by atoms with E-state index in [0.717, 1.165) is 40.0 Å². The highest BCUT2D eigenvalue weighted by molar-refractivity contribution is 6.30. The van der Waals surface area contributed by atoms with Crippen LogP contribution in [0.5, 0.6) is 0 Å². The van der Waals surface area contributed by atoms with Gasteiger partial charge in [-0.1, -0.05) is 41.9 Å². The van der Waals surface area contributed by atoms with Crippen LogP contribution in [0.15, 0.2) is 59.9 Å². The van der Waals surface area contributed by atoms with Crippen molar-refractivity contribution < 1.29 is 0 Å². The van der Waals surface area contributed by atoms with Crippen LogP contribution in [-0.2, 0) is 13.1 Å². The molecule has 0 aliphatic carbocycles. The summed E-state index contributed by atoms with van der Waals surface area (Å²) in [6.45, 7) is 1.38. The molecule has 0 aliphatic rings. The Hall–Kier alpha value is -2.86. The second-order valence-electron chi connectivity index (χ2n) is 5.92. The average molecular weight is 369 g/mol. The van der Waals surface area contributed by atoms with Gasteiger partial charge in [-0.2, -0.15) is 5.10 Å². The zero-order chi connectivity index (χ0) is 18.4. The van der Waals surface area contributed by atoms with Gasteiger partial charge in [0.1, 0.15) is 6.33 Å². The van der Waals surface area contributed by atoms with Crippen molar-refractivity contribution in [2.24, 2.45) is 4.99 Å². The van der Waals surface area contributed by atoms with Gasteiger partial charge < -0.3 is 10.2 Å². The number of nitrogens with zero attached hydrogens (tertiary/aromatic N) is 4. The summed E-state index contributed by atoms with van der Waals surface area (Å²) in [6, 6.07) is 16.0. The van der Waals surface area contributed by atoms with Crippen LogP contribution in [0.25, 0.3) is 11.4 Å². The van der Waals surface area contributed by atoms with E-state index in [2.05, 4.69) is 48.6 Å². The summed E-state index contributed by atoms with van der Waals surface area (Å²) in [6.07, 6.45) is 1.51. The largest absolute Gasteiger partial charge is 0.352 e. The number of halogens is 1. The van der Waals surface area contributed by atoms with Crippen LogP contribution in [0.1, 0.15) is 11.1 Å². The Balaban J connectivity index is 1.63. The molecule has 0 bridgehead atoms. The van der Waals surface area contributed by atoms with Crippen molar-refractivity contribution in [1.82, 2.24) is 25.4 Å². The van der Waals surface area contributed by atoms with Gasteiger partial charge in [0.05, 0.1) is 0 Å². The molecule has 0 spiro atoms. The van der Waals surface area contributed by atoms with Crippen LogP contribution in [0.3, 0.4) is 0 Å². The van der Waals surface area contributed by atoms with Gasteiger partial charge in [0.15, 0.2) is 11.8 Å². The molecule has 6 nitrogen and oxygen atoms in total. The molecule has 7 heteroatoms. The molecule has 3 rings (SSSR count). The number of nitrogens with one attached hydrogen (secondary N) is 2. The molecule has 134 valence electrons. The topological polar surface area (TPSA) is 69.2 Å². The van der Waals surface area contributed by atoms with Gasteiger partial charge in [0, 0.05) is 37.8 Å². The van der Waals surface area contributed by atoms with E-state index < -0.39 is 0 Å². The molecule has 0 atom stereocenters. The maximum Gasteiger partial charge on any atom is 0.193 e. The number of hydrogen-bond donors (Lipinski definition) is 2. The van der Waals surface area contributed by atoms with E-state index in [-0.39, 0.29) is 0 Å². The standard InChI is InChI=1S/C19H21ClN6/c1-21-19(26(2)12-15-6-4-8-17(20)10-15)22-11-14-5-3-7-16(9-14)18-23-13-24-25-18/h3-10,13H,11-12H2,1-2H3,(H,21,22)(H,23,24,25). The quantitative estimate of drug-likeness (QED) is 0.535. The van der Waals surface area contributed by atoms with E-state index in [1.807, 2.05) is 37.4 Å². The van der Waals surface area contributed by atoms with Crippen LogP contribution in [0, 0.1) is 0 Å². The third-order valence-electron chi connectivity index (χ3n) is 3.95. The molecule has 1 aromatic heterocycles. The van der Waals surface area contributed by atoms with Gasteiger partial charge in [-0.15, -0.1) is 0 Å². The maximum atomic E-state index is 6.06. The first-order valence-corrected chi connectivity index (χ1v) is 8.64. The van der Waals surface area contributed by atoms with Crippen LogP contribution >= 0.6 is 11.6 Å². The summed E-state index contributed by atoms with van der Waals surface area (Å²) in [5, 5.41) is 10.9. The molecule has 2 N–H and O–H groups in total. The van der Waals surface area contributed by atoms with Gasteiger partial charge in [-0.25, -0.2) is 4.98 Å².